The van der Waals surface area contributed by atoms with Crippen molar-refractivity contribution in [3.05, 3.63) is 57.6 Å². The van der Waals surface area contributed by atoms with E-state index in [4.69, 9.17) is 0 Å². The molecule has 2 nitrogen and oxygen atoms in total. The van der Waals surface area contributed by atoms with Gasteiger partial charge in [0, 0.05) is 0 Å². The van der Waals surface area contributed by atoms with Gasteiger partial charge in [0.1, 0.15) is 11.5 Å². The molecule has 2 aromatic carbocycles. The molecule has 2 atom stereocenters. The van der Waals surface area contributed by atoms with Crippen molar-refractivity contribution in [2.24, 2.45) is 16.2 Å². The fraction of sp³-hybridized carbons (Fsp3) is 0.613. The van der Waals surface area contributed by atoms with Gasteiger partial charge in [-0.25, -0.2) is 0 Å². The van der Waals surface area contributed by atoms with Crippen LogP contribution in [0.3, 0.4) is 0 Å². The molecule has 0 aliphatic heterocycles. The van der Waals surface area contributed by atoms with Gasteiger partial charge in [-0.15, -0.1) is 0 Å². The molecule has 2 N–H and O–H groups in total. The molecule has 0 saturated heterocycles. The van der Waals surface area contributed by atoms with Gasteiger partial charge in [-0.3, -0.25) is 0 Å². The quantitative estimate of drug-likeness (QED) is 0.492. The molecule has 4 bridgehead atoms. The Labute approximate surface area is 200 Å². The van der Waals surface area contributed by atoms with Gasteiger partial charge >= 0.3 is 0 Å². The topological polar surface area (TPSA) is 40.5 Å². The maximum absolute atomic E-state index is 10.5. The van der Waals surface area contributed by atoms with Gasteiger partial charge in [0.2, 0.25) is 0 Å². The lowest BCUT2D eigenvalue weighted by molar-refractivity contribution is -0.176. The Bertz CT molecular complexity index is 1030. The Balaban J connectivity index is 1.77. The SMILES string of the molecule is Cc1cc(C23CC4(C)CC(c5cc(C)c(O)c(C)c5)(C2)CC(C(C)(C)C)(C4)C3)cc(C)c1O. The second-order valence-corrected chi connectivity index (χ2v) is 13.9. The van der Waals surface area contributed by atoms with Crippen molar-refractivity contribution in [1.82, 2.24) is 0 Å². The van der Waals surface area contributed by atoms with Crippen LogP contribution < -0.4 is 0 Å². The molecule has 178 valence electrons. The lowest BCUT2D eigenvalue weighted by Gasteiger charge is -2.73. The van der Waals surface area contributed by atoms with Crippen LogP contribution in [0.25, 0.3) is 0 Å². The normalized spacial score (nSPS) is 35.3. The van der Waals surface area contributed by atoms with Gasteiger partial charge in [0.15, 0.2) is 0 Å². The molecule has 4 saturated carbocycles. The highest BCUT2D eigenvalue weighted by Gasteiger charge is 2.69. The van der Waals surface area contributed by atoms with E-state index in [1.165, 1.54) is 49.7 Å². The summed E-state index contributed by atoms with van der Waals surface area (Å²) in [5.41, 5.74) is 7.91. The van der Waals surface area contributed by atoms with Gasteiger partial charge in [-0.1, -0.05) is 52.0 Å². The zero-order chi connectivity index (χ0) is 24.2. The highest BCUT2D eigenvalue weighted by molar-refractivity contribution is 5.50. The Morgan fingerprint density at radius 2 is 0.970 bits per heavy atom. The minimum atomic E-state index is 0.125. The Hall–Kier alpha value is -1.96. The van der Waals surface area contributed by atoms with Crippen molar-refractivity contribution in [2.45, 2.75) is 105 Å². The third-order valence-corrected chi connectivity index (χ3v) is 10.1. The lowest BCUT2D eigenvalue weighted by atomic mass is 9.31. The number of phenols is 2. The molecule has 0 heterocycles. The summed E-state index contributed by atoms with van der Waals surface area (Å²) >= 11 is 0. The first-order chi connectivity index (χ1) is 15.1. The van der Waals surface area contributed by atoms with Crippen LogP contribution in [-0.4, -0.2) is 10.2 Å². The summed E-state index contributed by atoms with van der Waals surface area (Å²) in [6.45, 7) is 18.1. The lowest BCUT2D eigenvalue weighted by Crippen LogP contribution is -2.66. The van der Waals surface area contributed by atoms with Crippen molar-refractivity contribution in [3.63, 3.8) is 0 Å². The van der Waals surface area contributed by atoms with Crippen LogP contribution >= 0.6 is 0 Å². The first-order valence-electron chi connectivity index (χ1n) is 12.7. The van der Waals surface area contributed by atoms with Crippen molar-refractivity contribution >= 4 is 0 Å². The fourth-order valence-electron chi connectivity index (χ4n) is 9.08. The van der Waals surface area contributed by atoms with Crippen LogP contribution in [0, 0.1) is 43.9 Å². The van der Waals surface area contributed by atoms with Crippen LogP contribution in [-0.2, 0) is 10.8 Å². The summed E-state index contributed by atoms with van der Waals surface area (Å²) < 4.78 is 0. The number of hydrogen-bond donors (Lipinski definition) is 2. The average Bonchev–Trinajstić information content (AvgIpc) is 2.66. The first kappa shape index (κ1) is 22.8. The Morgan fingerprint density at radius 1 is 0.606 bits per heavy atom. The van der Waals surface area contributed by atoms with Gasteiger partial charge < -0.3 is 10.2 Å². The smallest absolute Gasteiger partial charge is 0.121 e. The van der Waals surface area contributed by atoms with Crippen molar-refractivity contribution in [2.75, 3.05) is 0 Å². The maximum Gasteiger partial charge on any atom is 0.121 e. The second-order valence-electron chi connectivity index (χ2n) is 13.9. The van der Waals surface area contributed by atoms with Crippen LogP contribution in [0.4, 0.5) is 0 Å². The molecule has 4 aliphatic rings. The average molecular weight is 447 g/mol. The van der Waals surface area contributed by atoms with Gasteiger partial charge in [0.25, 0.3) is 0 Å². The van der Waals surface area contributed by atoms with E-state index < -0.39 is 0 Å². The molecule has 4 aliphatic carbocycles. The summed E-state index contributed by atoms with van der Waals surface area (Å²) in [7, 11) is 0. The van der Waals surface area contributed by atoms with E-state index in [2.05, 4.69) is 79.7 Å². The van der Waals surface area contributed by atoms with E-state index in [0.717, 1.165) is 22.3 Å². The van der Waals surface area contributed by atoms with E-state index >= 15 is 0 Å². The third-order valence-electron chi connectivity index (χ3n) is 10.1. The summed E-state index contributed by atoms with van der Waals surface area (Å²) in [5.74, 6) is 0.888. The number of aromatic hydroxyl groups is 2. The largest absolute Gasteiger partial charge is 0.507 e. The molecule has 0 radical (unpaired) electrons. The molecule has 4 fully saturated rings. The predicted octanol–water partition coefficient (Wildman–Crippen LogP) is 7.93. The standard InChI is InChI=1S/C31H42O2/c1-19-9-23(10-20(2)25(19)32)29-13-28(8)14-30(16-29,18-31(15-28,17-29)27(5,6)7)24-11-21(3)26(33)22(4)12-24/h9-12,32-33H,13-18H2,1-8H3. The predicted molar refractivity (Wildman–Crippen MR) is 136 cm³/mol. The molecule has 2 unspecified atom stereocenters. The third kappa shape index (κ3) is 3.12. The molecule has 6 rings (SSSR count). The fourth-order valence-corrected chi connectivity index (χ4v) is 9.08. The second kappa shape index (κ2) is 6.58. The zero-order valence-corrected chi connectivity index (χ0v) is 21.9. The summed E-state index contributed by atoms with van der Waals surface area (Å²) in [5, 5.41) is 21.1. The minimum Gasteiger partial charge on any atom is -0.507 e. The molecule has 2 heteroatoms. The van der Waals surface area contributed by atoms with Crippen LogP contribution in [0.1, 0.15) is 99.6 Å². The molecular formula is C31H42O2. The number of hydrogen-bond acceptors (Lipinski definition) is 2. The molecule has 33 heavy (non-hydrogen) atoms. The Morgan fingerprint density at radius 3 is 1.30 bits per heavy atom. The summed E-state index contributed by atoms with van der Waals surface area (Å²) in [6.07, 6.45) is 7.42. The molecule has 2 aromatic rings. The highest BCUT2D eigenvalue weighted by Crippen LogP contribution is 2.77. The monoisotopic (exact) mass is 446 g/mol. The minimum absolute atomic E-state index is 0.125. The number of rotatable bonds is 2. The molecular weight excluding hydrogens is 404 g/mol. The van der Waals surface area contributed by atoms with E-state index in [1.807, 2.05) is 0 Å². The van der Waals surface area contributed by atoms with E-state index in [0.29, 0.717) is 16.9 Å². The van der Waals surface area contributed by atoms with Crippen molar-refractivity contribution < 1.29 is 10.2 Å². The van der Waals surface area contributed by atoms with Crippen LogP contribution in [0.2, 0.25) is 0 Å². The van der Waals surface area contributed by atoms with Gasteiger partial charge in [0.05, 0.1) is 0 Å². The van der Waals surface area contributed by atoms with Gasteiger partial charge in [-0.2, -0.15) is 0 Å². The summed E-state index contributed by atoms with van der Waals surface area (Å²) in [4.78, 5) is 0. The molecule has 0 spiro atoms. The van der Waals surface area contributed by atoms with Crippen molar-refractivity contribution in [3.8, 4) is 11.5 Å². The zero-order valence-electron chi connectivity index (χ0n) is 21.9. The number of benzene rings is 2. The molecule has 0 amide bonds. The first-order valence-corrected chi connectivity index (χ1v) is 12.7. The number of phenolic OH excluding ortho intramolecular Hbond substituents is 2. The molecule has 0 aromatic heterocycles. The maximum atomic E-state index is 10.5. The Kier molecular flexibility index (Phi) is 4.55. The van der Waals surface area contributed by atoms with Crippen molar-refractivity contribution in [1.29, 1.82) is 0 Å². The van der Waals surface area contributed by atoms with Crippen LogP contribution in [0.5, 0.6) is 11.5 Å². The number of aryl methyl sites for hydroxylation is 4. The highest BCUT2D eigenvalue weighted by atomic mass is 16.3. The van der Waals surface area contributed by atoms with E-state index in [9.17, 15) is 10.2 Å². The van der Waals surface area contributed by atoms with E-state index in [-0.39, 0.29) is 21.7 Å². The van der Waals surface area contributed by atoms with Crippen LogP contribution in [0.15, 0.2) is 24.3 Å². The summed E-state index contributed by atoms with van der Waals surface area (Å²) in [6, 6.07) is 9.15. The van der Waals surface area contributed by atoms with Gasteiger partial charge in [-0.05, 0) is 127 Å². The van der Waals surface area contributed by atoms with E-state index in [1.54, 1.807) is 0 Å².